The number of nitrogens with one attached hydrogen (secondary N) is 1. The molecule has 0 aliphatic rings. The van der Waals surface area contributed by atoms with E-state index >= 15 is 0 Å². The fourth-order valence-corrected chi connectivity index (χ4v) is 0.944. The third-order valence-electron chi connectivity index (χ3n) is 2.29. The van der Waals surface area contributed by atoms with Crippen molar-refractivity contribution in [2.75, 3.05) is 6.54 Å². The number of rotatable bonds is 6. The molecule has 0 saturated heterocycles. The molecule has 0 radical (unpaired) electrons. The summed E-state index contributed by atoms with van der Waals surface area (Å²) in [5.41, 5.74) is 5.45. The van der Waals surface area contributed by atoms with Crippen molar-refractivity contribution in [1.82, 2.24) is 5.32 Å². The average molecular weight is 186 g/mol. The monoisotopic (exact) mass is 186 g/mol. The molecule has 3 heteroatoms. The molecule has 0 aliphatic heterocycles. The summed E-state index contributed by atoms with van der Waals surface area (Å²) in [6, 6.07) is 0.292. The van der Waals surface area contributed by atoms with Crippen LogP contribution < -0.4 is 11.1 Å². The molecule has 0 saturated carbocycles. The fraction of sp³-hybridized carbons (Fsp3) is 0.900. The predicted octanol–water partition coefficient (Wildman–Crippen LogP) is 1.28. The minimum Gasteiger partial charge on any atom is -0.354 e. The lowest BCUT2D eigenvalue weighted by molar-refractivity contribution is -0.121. The standard InChI is InChI=1S/C10H22N2O/c1-4-9(3)12-10(13)6-5-8(2)7-11/h8-9H,4-7,11H2,1-3H3,(H,12,13). The maximum absolute atomic E-state index is 11.3. The third kappa shape index (κ3) is 6.58. The second kappa shape index (κ2) is 6.89. The van der Waals surface area contributed by atoms with Gasteiger partial charge in [-0.15, -0.1) is 0 Å². The quantitative estimate of drug-likeness (QED) is 0.656. The Morgan fingerprint density at radius 2 is 2.08 bits per heavy atom. The van der Waals surface area contributed by atoms with Gasteiger partial charge < -0.3 is 11.1 Å². The van der Waals surface area contributed by atoms with E-state index in [4.69, 9.17) is 5.73 Å². The van der Waals surface area contributed by atoms with Crippen molar-refractivity contribution in [3.8, 4) is 0 Å². The van der Waals surface area contributed by atoms with E-state index in [9.17, 15) is 4.79 Å². The molecule has 3 nitrogen and oxygen atoms in total. The van der Waals surface area contributed by atoms with Crippen molar-refractivity contribution in [3.63, 3.8) is 0 Å². The molecule has 78 valence electrons. The van der Waals surface area contributed by atoms with Crippen LogP contribution in [0, 0.1) is 5.92 Å². The minimum atomic E-state index is 0.148. The Morgan fingerprint density at radius 3 is 2.54 bits per heavy atom. The molecule has 0 spiro atoms. The maximum Gasteiger partial charge on any atom is 0.220 e. The minimum absolute atomic E-state index is 0.148. The Kier molecular flexibility index (Phi) is 6.59. The summed E-state index contributed by atoms with van der Waals surface area (Å²) in [4.78, 5) is 11.3. The van der Waals surface area contributed by atoms with Crippen molar-refractivity contribution in [2.45, 2.75) is 46.1 Å². The summed E-state index contributed by atoms with van der Waals surface area (Å²) in [6.45, 7) is 6.81. The molecule has 2 atom stereocenters. The van der Waals surface area contributed by atoms with Crippen molar-refractivity contribution in [2.24, 2.45) is 11.7 Å². The summed E-state index contributed by atoms with van der Waals surface area (Å²) in [5.74, 6) is 0.595. The highest BCUT2D eigenvalue weighted by atomic mass is 16.1. The summed E-state index contributed by atoms with van der Waals surface area (Å²) in [7, 11) is 0. The van der Waals surface area contributed by atoms with E-state index in [2.05, 4.69) is 19.2 Å². The lowest BCUT2D eigenvalue weighted by Crippen LogP contribution is -2.32. The molecular formula is C10H22N2O. The van der Waals surface area contributed by atoms with Crippen LogP contribution in [0.25, 0.3) is 0 Å². The fourth-order valence-electron chi connectivity index (χ4n) is 0.944. The van der Waals surface area contributed by atoms with Crippen LogP contribution in [0.1, 0.15) is 40.0 Å². The largest absolute Gasteiger partial charge is 0.354 e. The van der Waals surface area contributed by atoms with Gasteiger partial charge in [-0.05, 0) is 32.2 Å². The van der Waals surface area contributed by atoms with Crippen molar-refractivity contribution in [1.29, 1.82) is 0 Å². The van der Waals surface area contributed by atoms with Gasteiger partial charge in [0.15, 0.2) is 0 Å². The second-order valence-electron chi connectivity index (χ2n) is 3.76. The highest BCUT2D eigenvalue weighted by Crippen LogP contribution is 2.03. The summed E-state index contributed by atoms with van der Waals surface area (Å²) >= 11 is 0. The molecule has 0 aromatic carbocycles. The van der Waals surface area contributed by atoms with Crippen LogP contribution in [0.3, 0.4) is 0 Å². The van der Waals surface area contributed by atoms with E-state index in [1.165, 1.54) is 0 Å². The Bertz CT molecular complexity index is 148. The van der Waals surface area contributed by atoms with Crippen molar-refractivity contribution >= 4 is 5.91 Å². The zero-order valence-electron chi connectivity index (χ0n) is 8.97. The molecule has 0 aromatic rings. The number of amides is 1. The van der Waals surface area contributed by atoms with Crippen LogP contribution in [-0.4, -0.2) is 18.5 Å². The Morgan fingerprint density at radius 1 is 1.46 bits per heavy atom. The molecule has 1 amide bonds. The molecule has 0 fully saturated rings. The van der Waals surface area contributed by atoms with Crippen molar-refractivity contribution < 1.29 is 4.79 Å². The molecule has 3 N–H and O–H groups in total. The smallest absolute Gasteiger partial charge is 0.220 e. The lowest BCUT2D eigenvalue weighted by Gasteiger charge is -2.12. The Hall–Kier alpha value is -0.570. The summed E-state index contributed by atoms with van der Waals surface area (Å²) in [6.07, 6.45) is 2.47. The normalized spacial score (nSPS) is 15.1. The summed E-state index contributed by atoms with van der Waals surface area (Å²) < 4.78 is 0. The van der Waals surface area contributed by atoms with Gasteiger partial charge in [0, 0.05) is 12.5 Å². The van der Waals surface area contributed by atoms with Crippen LogP contribution in [0.4, 0.5) is 0 Å². The maximum atomic E-state index is 11.3. The number of carbonyl (C=O) groups excluding carboxylic acids is 1. The first-order valence-electron chi connectivity index (χ1n) is 5.09. The van der Waals surface area contributed by atoms with Gasteiger partial charge in [0.25, 0.3) is 0 Å². The van der Waals surface area contributed by atoms with Crippen LogP contribution >= 0.6 is 0 Å². The molecule has 2 unspecified atom stereocenters. The van der Waals surface area contributed by atoms with Gasteiger partial charge in [-0.25, -0.2) is 0 Å². The van der Waals surface area contributed by atoms with Gasteiger partial charge in [-0.3, -0.25) is 4.79 Å². The van der Waals surface area contributed by atoms with E-state index in [0.717, 1.165) is 12.8 Å². The van der Waals surface area contributed by atoms with E-state index in [1.54, 1.807) is 0 Å². The van der Waals surface area contributed by atoms with Crippen LogP contribution in [0.15, 0.2) is 0 Å². The highest BCUT2D eigenvalue weighted by molar-refractivity contribution is 5.76. The van der Waals surface area contributed by atoms with Crippen LogP contribution in [0.5, 0.6) is 0 Å². The first kappa shape index (κ1) is 12.4. The van der Waals surface area contributed by atoms with Gasteiger partial charge in [0.05, 0.1) is 0 Å². The predicted molar refractivity (Wildman–Crippen MR) is 55.3 cm³/mol. The number of carbonyl (C=O) groups is 1. The molecule has 0 bridgehead atoms. The first-order chi connectivity index (χ1) is 6.10. The molecule has 0 heterocycles. The number of hydrogen-bond donors (Lipinski definition) is 2. The zero-order valence-corrected chi connectivity index (χ0v) is 8.97. The Labute approximate surface area is 81.1 Å². The molecule has 0 aliphatic carbocycles. The van der Waals surface area contributed by atoms with Gasteiger partial charge in [0.2, 0.25) is 5.91 Å². The van der Waals surface area contributed by atoms with Crippen LogP contribution in [0.2, 0.25) is 0 Å². The van der Waals surface area contributed by atoms with E-state index in [1.807, 2.05) is 6.92 Å². The SMILES string of the molecule is CCC(C)NC(=O)CCC(C)CN. The van der Waals surface area contributed by atoms with Gasteiger partial charge in [0.1, 0.15) is 0 Å². The molecular weight excluding hydrogens is 164 g/mol. The van der Waals surface area contributed by atoms with E-state index in [0.29, 0.717) is 24.9 Å². The van der Waals surface area contributed by atoms with Gasteiger partial charge in [-0.1, -0.05) is 13.8 Å². The number of nitrogens with two attached hydrogens (primary N) is 1. The second-order valence-corrected chi connectivity index (χ2v) is 3.76. The van der Waals surface area contributed by atoms with Crippen LogP contribution in [-0.2, 0) is 4.79 Å². The average Bonchev–Trinajstić information content (AvgIpc) is 2.13. The van der Waals surface area contributed by atoms with Gasteiger partial charge >= 0.3 is 0 Å². The lowest BCUT2D eigenvalue weighted by atomic mass is 10.1. The molecule has 0 aromatic heterocycles. The van der Waals surface area contributed by atoms with Gasteiger partial charge in [-0.2, -0.15) is 0 Å². The Balaban J connectivity index is 3.51. The molecule has 0 rings (SSSR count). The highest BCUT2D eigenvalue weighted by Gasteiger charge is 2.07. The first-order valence-corrected chi connectivity index (χ1v) is 5.09. The topological polar surface area (TPSA) is 55.1 Å². The summed E-state index contributed by atoms with van der Waals surface area (Å²) in [5, 5.41) is 2.93. The van der Waals surface area contributed by atoms with E-state index in [-0.39, 0.29) is 5.91 Å². The third-order valence-corrected chi connectivity index (χ3v) is 2.29. The number of hydrogen-bond acceptors (Lipinski definition) is 2. The zero-order chi connectivity index (χ0) is 10.3. The van der Waals surface area contributed by atoms with Crippen molar-refractivity contribution in [3.05, 3.63) is 0 Å². The molecule has 13 heavy (non-hydrogen) atoms. The van der Waals surface area contributed by atoms with E-state index < -0.39 is 0 Å².